The highest BCUT2D eigenvalue weighted by Gasteiger charge is 2.15. The van der Waals surface area contributed by atoms with Crippen LogP contribution in [0.4, 0.5) is 30.4 Å². The van der Waals surface area contributed by atoms with Gasteiger partial charge in [0.25, 0.3) is 5.91 Å². The van der Waals surface area contributed by atoms with Crippen molar-refractivity contribution in [1.29, 1.82) is 0 Å². The van der Waals surface area contributed by atoms with E-state index in [1.54, 1.807) is 0 Å². The zero-order valence-corrected chi connectivity index (χ0v) is 14.5. The van der Waals surface area contributed by atoms with Crippen molar-refractivity contribution in [2.45, 2.75) is 13.8 Å². The third-order valence-electron chi connectivity index (χ3n) is 3.92. The van der Waals surface area contributed by atoms with Gasteiger partial charge in [-0.15, -0.1) is 0 Å². The molecule has 3 rings (SSSR count). The molecular weight excluding hydrogens is 357 g/mol. The Kier molecular flexibility index (Phi) is 5.07. The number of rotatable bonds is 4. The van der Waals surface area contributed by atoms with E-state index in [1.807, 2.05) is 32.0 Å². The van der Waals surface area contributed by atoms with E-state index < -0.39 is 23.4 Å². The smallest absolute Gasteiger partial charge is 0.274 e. The lowest BCUT2D eigenvalue weighted by molar-refractivity contribution is 0.102. The highest BCUT2D eigenvalue weighted by molar-refractivity contribution is 6.04. The number of halogens is 3. The summed E-state index contributed by atoms with van der Waals surface area (Å²) in [7, 11) is 0. The number of carbonyl (C=O) groups excluding carboxylic acids is 1. The van der Waals surface area contributed by atoms with E-state index in [2.05, 4.69) is 20.6 Å². The van der Waals surface area contributed by atoms with Crippen molar-refractivity contribution in [3.63, 3.8) is 0 Å². The Morgan fingerprint density at radius 3 is 2.37 bits per heavy atom. The van der Waals surface area contributed by atoms with Gasteiger partial charge in [-0.05, 0) is 37.1 Å². The van der Waals surface area contributed by atoms with Crippen LogP contribution >= 0.6 is 0 Å². The quantitative estimate of drug-likeness (QED) is 0.662. The number of aromatic nitrogens is 2. The van der Waals surface area contributed by atoms with Crippen LogP contribution in [0.1, 0.15) is 21.6 Å². The highest BCUT2D eigenvalue weighted by Crippen LogP contribution is 2.23. The minimum absolute atomic E-state index is 0.0261. The fourth-order valence-electron chi connectivity index (χ4n) is 2.50. The molecule has 0 saturated carbocycles. The van der Waals surface area contributed by atoms with Gasteiger partial charge in [0.1, 0.15) is 17.8 Å². The van der Waals surface area contributed by atoms with Crippen LogP contribution in [-0.4, -0.2) is 15.9 Å². The standard InChI is InChI=1S/C19H15F3N4O/c1-10-4-3-5-11(2)18(10)26-19(27)14-8-15(24-9-23-14)25-13-7-6-12(20)16(21)17(13)22/h3-9H,1-2H3,(H,26,27)(H,23,24,25). The number of benzene rings is 2. The normalized spacial score (nSPS) is 10.6. The van der Waals surface area contributed by atoms with E-state index in [4.69, 9.17) is 0 Å². The van der Waals surface area contributed by atoms with Crippen LogP contribution in [0.3, 0.4) is 0 Å². The number of para-hydroxylation sites is 1. The van der Waals surface area contributed by atoms with Crippen molar-refractivity contribution in [2.24, 2.45) is 0 Å². The molecule has 138 valence electrons. The molecule has 0 bridgehead atoms. The largest absolute Gasteiger partial charge is 0.338 e. The second-order valence-electron chi connectivity index (χ2n) is 5.86. The average Bonchev–Trinajstić information content (AvgIpc) is 2.65. The summed E-state index contributed by atoms with van der Waals surface area (Å²) in [5.41, 5.74) is 2.16. The van der Waals surface area contributed by atoms with E-state index in [-0.39, 0.29) is 17.2 Å². The maximum absolute atomic E-state index is 13.8. The molecule has 2 N–H and O–H groups in total. The number of anilines is 3. The molecule has 0 radical (unpaired) electrons. The number of hydrogen-bond donors (Lipinski definition) is 2. The number of aryl methyl sites for hydroxylation is 2. The summed E-state index contributed by atoms with van der Waals surface area (Å²) in [5, 5.41) is 5.28. The molecule has 0 spiro atoms. The highest BCUT2D eigenvalue weighted by atomic mass is 19.2. The minimum atomic E-state index is -1.60. The summed E-state index contributed by atoms with van der Waals surface area (Å²) in [5.74, 6) is -4.70. The van der Waals surface area contributed by atoms with Crippen molar-refractivity contribution in [1.82, 2.24) is 9.97 Å². The molecule has 5 nitrogen and oxygen atoms in total. The van der Waals surface area contributed by atoms with Crippen LogP contribution in [0, 0.1) is 31.3 Å². The van der Waals surface area contributed by atoms with Crippen molar-refractivity contribution in [3.8, 4) is 0 Å². The Labute approximate surface area is 153 Å². The second-order valence-corrected chi connectivity index (χ2v) is 5.86. The van der Waals surface area contributed by atoms with Crippen molar-refractivity contribution in [2.75, 3.05) is 10.6 Å². The summed E-state index contributed by atoms with van der Waals surface area (Å²) in [6.45, 7) is 3.73. The first-order valence-electron chi connectivity index (χ1n) is 7.97. The summed E-state index contributed by atoms with van der Waals surface area (Å²) in [6, 6.07) is 8.71. The van der Waals surface area contributed by atoms with Gasteiger partial charge >= 0.3 is 0 Å². The molecule has 3 aromatic rings. The Morgan fingerprint density at radius 1 is 0.963 bits per heavy atom. The molecule has 1 heterocycles. The number of amides is 1. The summed E-state index contributed by atoms with van der Waals surface area (Å²) < 4.78 is 40.1. The van der Waals surface area contributed by atoms with E-state index in [0.717, 1.165) is 29.6 Å². The van der Waals surface area contributed by atoms with Gasteiger partial charge in [-0.2, -0.15) is 0 Å². The van der Waals surface area contributed by atoms with Gasteiger partial charge in [0, 0.05) is 11.8 Å². The van der Waals surface area contributed by atoms with Gasteiger partial charge in [-0.1, -0.05) is 18.2 Å². The summed E-state index contributed by atoms with van der Waals surface area (Å²) in [6.07, 6.45) is 1.11. The summed E-state index contributed by atoms with van der Waals surface area (Å²) >= 11 is 0. The van der Waals surface area contributed by atoms with Crippen LogP contribution in [0.25, 0.3) is 0 Å². The molecule has 1 aromatic heterocycles. The van der Waals surface area contributed by atoms with Crippen molar-refractivity contribution < 1.29 is 18.0 Å². The molecule has 27 heavy (non-hydrogen) atoms. The fraction of sp³-hybridized carbons (Fsp3) is 0.105. The predicted molar refractivity (Wildman–Crippen MR) is 95.5 cm³/mol. The first-order chi connectivity index (χ1) is 12.9. The average molecular weight is 372 g/mol. The lowest BCUT2D eigenvalue weighted by Gasteiger charge is -2.12. The zero-order chi connectivity index (χ0) is 19.6. The Hall–Kier alpha value is -3.42. The van der Waals surface area contributed by atoms with Crippen molar-refractivity contribution in [3.05, 3.63) is 77.0 Å². The Balaban J connectivity index is 1.83. The molecule has 0 aliphatic heterocycles. The molecule has 2 aromatic carbocycles. The molecular formula is C19H15F3N4O. The molecule has 0 saturated heterocycles. The second kappa shape index (κ2) is 7.45. The molecule has 1 amide bonds. The van der Waals surface area contributed by atoms with Gasteiger partial charge in [0.15, 0.2) is 17.5 Å². The fourth-order valence-corrected chi connectivity index (χ4v) is 2.50. The van der Waals surface area contributed by atoms with Gasteiger partial charge in [0.2, 0.25) is 0 Å². The lowest BCUT2D eigenvalue weighted by Crippen LogP contribution is -2.16. The molecule has 0 aliphatic rings. The summed E-state index contributed by atoms with van der Waals surface area (Å²) in [4.78, 5) is 20.2. The number of carbonyl (C=O) groups is 1. The third-order valence-corrected chi connectivity index (χ3v) is 3.92. The Morgan fingerprint density at radius 2 is 1.67 bits per heavy atom. The molecule has 0 atom stereocenters. The topological polar surface area (TPSA) is 66.9 Å². The van der Waals surface area contributed by atoms with E-state index in [9.17, 15) is 18.0 Å². The van der Waals surface area contributed by atoms with Gasteiger partial charge in [-0.25, -0.2) is 23.1 Å². The minimum Gasteiger partial charge on any atom is -0.338 e. The Bertz CT molecular complexity index is 1000. The van der Waals surface area contributed by atoms with E-state index in [0.29, 0.717) is 5.69 Å². The molecule has 0 unspecified atom stereocenters. The van der Waals surface area contributed by atoms with Gasteiger partial charge < -0.3 is 10.6 Å². The maximum Gasteiger partial charge on any atom is 0.274 e. The number of nitrogens with zero attached hydrogens (tertiary/aromatic N) is 2. The maximum atomic E-state index is 13.8. The molecule has 8 heteroatoms. The number of nitrogens with one attached hydrogen (secondary N) is 2. The van der Waals surface area contributed by atoms with E-state index in [1.165, 1.54) is 6.07 Å². The van der Waals surface area contributed by atoms with Gasteiger partial charge in [-0.3, -0.25) is 4.79 Å². The van der Waals surface area contributed by atoms with Crippen LogP contribution in [0.15, 0.2) is 42.7 Å². The zero-order valence-electron chi connectivity index (χ0n) is 14.5. The molecule has 0 aliphatic carbocycles. The van der Waals surface area contributed by atoms with Gasteiger partial charge in [0.05, 0.1) is 5.69 Å². The van der Waals surface area contributed by atoms with E-state index >= 15 is 0 Å². The first-order valence-corrected chi connectivity index (χ1v) is 7.97. The van der Waals surface area contributed by atoms with Crippen LogP contribution in [0.5, 0.6) is 0 Å². The monoisotopic (exact) mass is 372 g/mol. The first kappa shape index (κ1) is 18.4. The van der Waals surface area contributed by atoms with Crippen LogP contribution in [-0.2, 0) is 0 Å². The van der Waals surface area contributed by atoms with Crippen LogP contribution in [0.2, 0.25) is 0 Å². The molecule has 0 fully saturated rings. The SMILES string of the molecule is Cc1cccc(C)c1NC(=O)c1cc(Nc2ccc(F)c(F)c2F)ncn1. The van der Waals surface area contributed by atoms with Crippen molar-refractivity contribution >= 4 is 23.1 Å². The predicted octanol–water partition coefficient (Wildman–Crippen LogP) is 4.51. The third kappa shape index (κ3) is 3.89. The van der Waals surface area contributed by atoms with Crippen LogP contribution < -0.4 is 10.6 Å². The lowest BCUT2D eigenvalue weighted by atomic mass is 10.1. The number of hydrogen-bond acceptors (Lipinski definition) is 4.